The molecular weight excluding hydrogens is 675 g/mol. The second-order valence-corrected chi connectivity index (χ2v) is 15.7. The van der Waals surface area contributed by atoms with Crippen molar-refractivity contribution < 1.29 is 0 Å². The fourth-order valence-corrected chi connectivity index (χ4v) is 9.53. The van der Waals surface area contributed by atoms with Crippen LogP contribution in [0.5, 0.6) is 0 Å². The Morgan fingerprint density at radius 1 is 0.339 bits per heavy atom. The van der Waals surface area contributed by atoms with E-state index in [1.54, 1.807) is 0 Å². The highest BCUT2D eigenvalue weighted by Gasteiger charge is 2.36. The van der Waals surface area contributed by atoms with E-state index >= 15 is 0 Å². The van der Waals surface area contributed by atoms with E-state index in [4.69, 9.17) is 0 Å². The zero-order valence-corrected chi connectivity index (χ0v) is 31.5. The third-order valence-corrected chi connectivity index (χ3v) is 12.2. The van der Waals surface area contributed by atoms with Crippen LogP contribution in [0.1, 0.15) is 25.0 Å². The molecule has 1 heteroatoms. The highest BCUT2D eigenvalue weighted by atomic mass is 15.1. The van der Waals surface area contributed by atoms with E-state index in [0.717, 1.165) is 17.1 Å². The maximum absolute atomic E-state index is 2.46. The van der Waals surface area contributed by atoms with Crippen molar-refractivity contribution in [2.24, 2.45) is 0 Å². The van der Waals surface area contributed by atoms with Gasteiger partial charge in [-0.15, -0.1) is 0 Å². The smallest absolute Gasteiger partial charge is 0.0540 e. The molecule has 0 saturated heterocycles. The third kappa shape index (κ3) is 4.94. The molecule has 1 nitrogen and oxygen atoms in total. The topological polar surface area (TPSA) is 3.24 Å². The van der Waals surface area contributed by atoms with E-state index in [9.17, 15) is 0 Å². The number of hydrogen-bond acceptors (Lipinski definition) is 1. The van der Waals surface area contributed by atoms with Crippen molar-refractivity contribution in [3.05, 3.63) is 211 Å². The van der Waals surface area contributed by atoms with Crippen LogP contribution in [0.15, 0.2) is 200 Å². The average Bonchev–Trinajstić information content (AvgIpc) is 3.49. The highest BCUT2D eigenvalue weighted by Crippen LogP contribution is 2.51. The zero-order chi connectivity index (χ0) is 37.4. The first-order valence-corrected chi connectivity index (χ1v) is 19.6. The Morgan fingerprint density at radius 2 is 0.929 bits per heavy atom. The van der Waals surface area contributed by atoms with Gasteiger partial charge in [0.25, 0.3) is 0 Å². The molecule has 10 aromatic rings. The molecule has 0 aromatic heterocycles. The van der Waals surface area contributed by atoms with Gasteiger partial charge in [0, 0.05) is 22.4 Å². The summed E-state index contributed by atoms with van der Waals surface area (Å²) in [5.74, 6) is 0. The predicted octanol–water partition coefficient (Wildman–Crippen LogP) is 15.4. The van der Waals surface area contributed by atoms with E-state index in [1.807, 2.05) is 0 Å². The maximum atomic E-state index is 2.46. The minimum atomic E-state index is -0.115. The molecule has 0 saturated carbocycles. The predicted molar refractivity (Wildman–Crippen MR) is 240 cm³/mol. The molecule has 11 rings (SSSR count). The minimum Gasteiger partial charge on any atom is -0.310 e. The van der Waals surface area contributed by atoms with Gasteiger partial charge in [-0.3, -0.25) is 0 Å². The van der Waals surface area contributed by atoms with Gasteiger partial charge in [-0.25, -0.2) is 0 Å². The fraction of sp³-hybridized carbons (Fsp3) is 0.0545. The summed E-state index contributed by atoms with van der Waals surface area (Å²) in [7, 11) is 0. The van der Waals surface area contributed by atoms with Crippen molar-refractivity contribution in [1.29, 1.82) is 0 Å². The maximum Gasteiger partial charge on any atom is 0.0540 e. The molecule has 0 atom stereocenters. The third-order valence-electron chi connectivity index (χ3n) is 12.2. The second kappa shape index (κ2) is 12.5. The largest absolute Gasteiger partial charge is 0.310 e. The van der Waals surface area contributed by atoms with E-state index < -0.39 is 0 Å². The summed E-state index contributed by atoms with van der Waals surface area (Å²) < 4.78 is 0. The fourth-order valence-electron chi connectivity index (χ4n) is 9.53. The van der Waals surface area contributed by atoms with Crippen LogP contribution in [0.2, 0.25) is 0 Å². The molecule has 0 spiro atoms. The number of benzene rings is 10. The van der Waals surface area contributed by atoms with Crippen LogP contribution in [-0.2, 0) is 5.41 Å². The summed E-state index contributed by atoms with van der Waals surface area (Å²) in [4.78, 5) is 2.46. The average molecular weight is 714 g/mol. The SMILES string of the molecule is CC1(C)c2ccccc2-c2ccc(N(c3cccc(-c4cccc5c4ccc4ccc6ccc7ccccc7c6c45)c3)c3ccccc3-c3ccccc3)cc21. The minimum absolute atomic E-state index is 0.115. The Hall–Kier alpha value is -6.96. The first kappa shape index (κ1) is 32.5. The van der Waals surface area contributed by atoms with Crippen molar-refractivity contribution in [3.8, 4) is 33.4 Å². The summed E-state index contributed by atoms with van der Waals surface area (Å²) in [5, 5.41) is 10.3. The normalized spacial score (nSPS) is 13.0. The zero-order valence-electron chi connectivity index (χ0n) is 31.5. The van der Waals surface area contributed by atoms with Gasteiger partial charge in [0.2, 0.25) is 0 Å². The molecule has 0 fully saturated rings. The van der Waals surface area contributed by atoms with Crippen LogP contribution in [0.4, 0.5) is 17.1 Å². The quantitative estimate of drug-likeness (QED) is 0.161. The summed E-state index contributed by atoms with van der Waals surface area (Å²) in [6.07, 6.45) is 0. The van der Waals surface area contributed by atoms with Gasteiger partial charge in [-0.2, -0.15) is 0 Å². The van der Waals surface area contributed by atoms with Crippen molar-refractivity contribution in [2.75, 3.05) is 4.90 Å². The number of rotatable bonds is 5. The van der Waals surface area contributed by atoms with Crippen molar-refractivity contribution in [1.82, 2.24) is 0 Å². The molecule has 0 radical (unpaired) electrons. The molecule has 1 aliphatic carbocycles. The standard InChI is InChI=1S/C55H39N/c1-55(2)50-24-10-8-21-47(50)48-33-31-42(35-51(48)55)56(52-25-11-9-19-44(52)36-14-4-3-5-15-36)41-18-12-17-40(34-41)43-22-13-23-49-46(43)32-30-39-29-28-38-27-26-37-16-6-7-20-45(37)53(38)54(39)49/h3-35H,1-2H3. The molecule has 0 aliphatic heterocycles. The Bertz CT molecular complexity index is 3170. The molecule has 0 N–H and O–H groups in total. The lowest BCUT2D eigenvalue weighted by molar-refractivity contribution is 0.660. The monoisotopic (exact) mass is 713 g/mol. The van der Waals surface area contributed by atoms with Gasteiger partial charge in [0.05, 0.1) is 5.69 Å². The van der Waals surface area contributed by atoms with Gasteiger partial charge in [0.1, 0.15) is 0 Å². The lowest BCUT2D eigenvalue weighted by Gasteiger charge is -2.30. The van der Waals surface area contributed by atoms with E-state index in [0.29, 0.717) is 0 Å². The van der Waals surface area contributed by atoms with E-state index in [2.05, 4.69) is 219 Å². The molecule has 0 heterocycles. The Kier molecular flexibility index (Phi) is 7.28. The number of para-hydroxylation sites is 1. The Balaban J connectivity index is 1.13. The lowest BCUT2D eigenvalue weighted by atomic mass is 9.82. The molecule has 264 valence electrons. The van der Waals surface area contributed by atoms with Crippen LogP contribution in [-0.4, -0.2) is 0 Å². The molecule has 0 amide bonds. The van der Waals surface area contributed by atoms with Gasteiger partial charge >= 0.3 is 0 Å². The van der Waals surface area contributed by atoms with Gasteiger partial charge in [-0.05, 0) is 112 Å². The second-order valence-electron chi connectivity index (χ2n) is 15.7. The summed E-state index contributed by atoms with van der Waals surface area (Å²) in [6.45, 7) is 4.72. The molecule has 1 aliphatic rings. The first-order valence-electron chi connectivity index (χ1n) is 19.6. The van der Waals surface area contributed by atoms with Crippen molar-refractivity contribution in [3.63, 3.8) is 0 Å². The number of fused-ring (bicyclic) bond motifs is 10. The molecule has 10 aromatic carbocycles. The van der Waals surface area contributed by atoms with E-state index in [-0.39, 0.29) is 5.41 Å². The summed E-state index contributed by atoms with van der Waals surface area (Å²) in [5.41, 5.74) is 13.5. The van der Waals surface area contributed by atoms with Crippen LogP contribution in [0.3, 0.4) is 0 Å². The molecular formula is C55H39N. The molecule has 56 heavy (non-hydrogen) atoms. The number of anilines is 3. The van der Waals surface area contributed by atoms with Crippen LogP contribution in [0.25, 0.3) is 76.5 Å². The summed E-state index contributed by atoms with van der Waals surface area (Å²) in [6, 6.07) is 74.0. The summed E-state index contributed by atoms with van der Waals surface area (Å²) >= 11 is 0. The van der Waals surface area contributed by atoms with Crippen LogP contribution in [0, 0.1) is 0 Å². The Labute approximate surface area is 327 Å². The lowest BCUT2D eigenvalue weighted by Crippen LogP contribution is -2.17. The van der Waals surface area contributed by atoms with Gasteiger partial charge in [-0.1, -0.05) is 184 Å². The van der Waals surface area contributed by atoms with Crippen molar-refractivity contribution in [2.45, 2.75) is 19.3 Å². The number of nitrogens with zero attached hydrogens (tertiary/aromatic N) is 1. The van der Waals surface area contributed by atoms with Crippen LogP contribution < -0.4 is 4.90 Å². The first-order chi connectivity index (χ1) is 27.5. The highest BCUT2D eigenvalue weighted by molar-refractivity contribution is 6.28. The van der Waals surface area contributed by atoms with Gasteiger partial charge in [0.15, 0.2) is 0 Å². The van der Waals surface area contributed by atoms with Crippen LogP contribution >= 0.6 is 0 Å². The van der Waals surface area contributed by atoms with Crippen molar-refractivity contribution >= 4 is 60.2 Å². The molecule has 0 bridgehead atoms. The molecule has 0 unspecified atom stereocenters. The number of hydrogen-bond donors (Lipinski definition) is 0. The van der Waals surface area contributed by atoms with E-state index in [1.165, 1.54) is 87.6 Å². The van der Waals surface area contributed by atoms with Gasteiger partial charge < -0.3 is 4.90 Å². The Morgan fingerprint density at radius 3 is 1.79 bits per heavy atom.